The molecule has 2 aromatic carbocycles. The van der Waals surface area contributed by atoms with Gasteiger partial charge in [-0.25, -0.2) is 17.9 Å². The van der Waals surface area contributed by atoms with E-state index in [1.165, 1.54) is 31.2 Å². The highest BCUT2D eigenvalue weighted by Gasteiger charge is 2.21. The second-order valence-electron chi connectivity index (χ2n) is 6.29. The van der Waals surface area contributed by atoms with Crippen molar-refractivity contribution in [2.75, 3.05) is 6.54 Å². The number of nitrogens with one attached hydrogen (secondary N) is 1. The summed E-state index contributed by atoms with van der Waals surface area (Å²) in [6.45, 7) is 3.51. The number of esters is 1. The number of ether oxygens (including phenoxy) is 1. The molecule has 0 aliphatic rings. The minimum atomic E-state index is -3.76. The molecule has 0 aliphatic heterocycles. The Morgan fingerprint density at radius 1 is 1.07 bits per heavy atom. The Labute approximate surface area is 170 Å². The van der Waals surface area contributed by atoms with Gasteiger partial charge in [-0.3, -0.25) is 4.79 Å². The molecule has 0 bridgehead atoms. The first-order valence-electron chi connectivity index (χ1n) is 9.09. The molecule has 1 atom stereocenters. The predicted octanol–water partition coefficient (Wildman–Crippen LogP) is 2.87. The number of ketones is 1. The number of carbonyl (C=O) groups excluding carboxylic acids is 2. The number of carbonyl (C=O) groups is 2. The topological polar surface area (TPSA) is 113 Å². The van der Waals surface area contributed by atoms with Crippen LogP contribution in [0, 0.1) is 11.3 Å². The van der Waals surface area contributed by atoms with Crippen LogP contribution in [-0.4, -0.2) is 32.8 Å². The van der Waals surface area contributed by atoms with Crippen LogP contribution < -0.4 is 4.72 Å². The lowest BCUT2D eigenvalue weighted by molar-refractivity contribution is 0.0318. The fourth-order valence-corrected chi connectivity index (χ4v) is 3.55. The molecular weight excluding hydrogens is 392 g/mol. The van der Waals surface area contributed by atoms with Crippen LogP contribution in [0.25, 0.3) is 0 Å². The zero-order valence-corrected chi connectivity index (χ0v) is 17.0. The fraction of sp³-hybridized carbons (Fsp3) is 0.286. The third kappa shape index (κ3) is 5.98. The van der Waals surface area contributed by atoms with E-state index in [4.69, 9.17) is 10.00 Å². The predicted molar refractivity (Wildman–Crippen MR) is 107 cm³/mol. The minimum Gasteiger partial charge on any atom is -0.451 e. The summed E-state index contributed by atoms with van der Waals surface area (Å²) in [6.07, 6.45) is -0.0685. The molecule has 1 unspecified atom stereocenters. The van der Waals surface area contributed by atoms with E-state index in [9.17, 15) is 18.0 Å². The lowest BCUT2D eigenvalue weighted by Gasteiger charge is -2.13. The van der Waals surface area contributed by atoms with E-state index in [2.05, 4.69) is 4.72 Å². The van der Waals surface area contributed by atoms with Crippen molar-refractivity contribution in [3.05, 3.63) is 65.2 Å². The van der Waals surface area contributed by atoms with Gasteiger partial charge in [0.1, 0.15) is 0 Å². The van der Waals surface area contributed by atoms with E-state index in [0.29, 0.717) is 5.56 Å². The van der Waals surface area contributed by atoms with Crippen molar-refractivity contribution >= 4 is 21.8 Å². The summed E-state index contributed by atoms with van der Waals surface area (Å²) < 4.78 is 31.7. The highest BCUT2D eigenvalue weighted by atomic mass is 32.2. The molecule has 7 nitrogen and oxygen atoms in total. The van der Waals surface area contributed by atoms with Crippen LogP contribution in [0.2, 0.25) is 0 Å². The van der Waals surface area contributed by atoms with Crippen molar-refractivity contribution in [1.82, 2.24) is 4.72 Å². The molecule has 0 saturated carbocycles. The quantitative estimate of drug-likeness (QED) is 0.383. The summed E-state index contributed by atoms with van der Waals surface area (Å²) in [5, 5.41) is 8.48. The Balaban J connectivity index is 2.02. The number of benzene rings is 2. The normalized spacial score (nSPS) is 12.0. The maximum absolute atomic E-state index is 12.4. The third-order valence-corrected chi connectivity index (χ3v) is 5.71. The lowest BCUT2D eigenvalue weighted by Crippen LogP contribution is -2.25. The summed E-state index contributed by atoms with van der Waals surface area (Å²) in [7, 11) is -3.76. The number of sulfonamides is 1. The van der Waals surface area contributed by atoms with E-state index in [1.807, 2.05) is 25.1 Å². The molecule has 0 amide bonds. The van der Waals surface area contributed by atoms with Crippen LogP contribution in [0.5, 0.6) is 0 Å². The van der Waals surface area contributed by atoms with Crippen LogP contribution in [0.4, 0.5) is 0 Å². The SMILES string of the molecule is CCc1ccc(C(=O)C(C)OC(=O)c2ccc(S(=O)(=O)NCCC#N)cc2)cc1. The van der Waals surface area contributed by atoms with Gasteiger partial charge >= 0.3 is 5.97 Å². The van der Waals surface area contributed by atoms with Crippen molar-refractivity contribution in [3.63, 3.8) is 0 Å². The van der Waals surface area contributed by atoms with Crippen molar-refractivity contribution in [2.24, 2.45) is 0 Å². The van der Waals surface area contributed by atoms with Crippen molar-refractivity contribution in [2.45, 2.75) is 37.7 Å². The van der Waals surface area contributed by atoms with Gasteiger partial charge in [-0.2, -0.15) is 5.26 Å². The molecule has 0 saturated heterocycles. The molecular formula is C21H22N2O5S. The molecule has 0 aliphatic carbocycles. The van der Waals surface area contributed by atoms with Crippen LogP contribution >= 0.6 is 0 Å². The van der Waals surface area contributed by atoms with E-state index in [1.54, 1.807) is 12.1 Å². The summed E-state index contributed by atoms with van der Waals surface area (Å²) in [5.74, 6) is -1.04. The first kappa shape index (κ1) is 22.3. The first-order chi connectivity index (χ1) is 13.8. The Hall–Kier alpha value is -3.02. The largest absolute Gasteiger partial charge is 0.451 e. The molecule has 152 valence electrons. The van der Waals surface area contributed by atoms with Crippen molar-refractivity contribution < 1.29 is 22.7 Å². The van der Waals surface area contributed by atoms with Crippen LogP contribution in [0.3, 0.4) is 0 Å². The second-order valence-corrected chi connectivity index (χ2v) is 8.06. The van der Waals surface area contributed by atoms with Gasteiger partial charge in [0, 0.05) is 18.5 Å². The molecule has 0 aromatic heterocycles. The van der Waals surface area contributed by atoms with E-state index in [-0.39, 0.29) is 29.2 Å². The average Bonchev–Trinajstić information content (AvgIpc) is 2.73. The standard InChI is InChI=1S/C21H22N2O5S/c1-3-16-5-7-17(8-6-16)20(24)15(2)28-21(25)18-9-11-19(12-10-18)29(26,27)23-14-4-13-22/h5-12,15,23H,3-4,14H2,1-2H3. The van der Waals surface area contributed by atoms with Gasteiger partial charge in [0.2, 0.25) is 15.8 Å². The van der Waals surface area contributed by atoms with E-state index in [0.717, 1.165) is 12.0 Å². The van der Waals surface area contributed by atoms with Gasteiger partial charge in [0.15, 0.2) is 6.10 Å². The minimum absolute atomic E-state index is 0.00148. The molecule has 0 heterocycles. The van der Waals surface area contributed by atoms with Crippen LogP contribution in [-0.2, 0) is 21.2 Å². The number of nitriles is 1. The molecule has 0 spiro atoms. The monoisotopic (exact) mass is 414 g/mol. The fourth-order valence-electron chi connectivity index (χ4n) is 2.52. The first-order valence-corrected chi connectivity index (χ1v) is 10.6. The molecule has 1 N–H and O–H groups in total. The lowest BCUT2D eigenvalue weighted by atomic mass is 10.0. The van der Waals surface area contributed by atoms with Crippen LogP contribution in [0.15, 0.2) is 53.4 Å². The Kier molecular flexibility index (Phi) is 7.65. The van der Waals surface area contributed by atoms with Gasteiger partial charge in [0.05, 0.1) is 16.5 Å². The van der Waals surface area contributed by atoms with Gasteiger partial charge < -0.3 is 4.74 Å². The second kappa shape index (κ2) is 9.96. The molecule has 2 aromatic rings. The van der Waals surface area contributed by atoms with Gasteiger partial charge in [-0.05, 0) is 43.2 Å². The Bertz CT molecular complexity index is 1010. The summed E-state index contributed by atoms with van der Waals surface area (Å²) in [6, 6.07) is 14.1. The molecule has 0 fully saturated rings. The summed E-state index contributed by atoms with van der Waals surface area (Å²) >= 11 is 0. The Morgan fingerprint density at radius 3 is 2.21 bits per heavy atom. The summed E-state index contributed by atoms with van der Waals surface area (Å²) in [4.78, 5) is 24.7. The van der Waals surface area contributed by atoms with Gasteiger partial charge in [0.25, 0.3) is 0 Å². The third-order valence-electron chi connectivity index (χ3n) is 4.23. The molecule has 2 rings (SSSR count). The summed E-state index contributed by atoms with van der Waals surface area (Å²) in [5.41, 5.74) is 1.68. The smallest absolute Gasteiger partial charge is 0.338 e. The maximum Gasteiger partial charge on any atom is 0.338 e. The molecule has 0 radical (unpaired) electrons. The Morgan fingerprint density at radius 2 is 1.66 bits per heavy atom. The van der Waals surface area contributed by atoms with Crippen molar-refractivity contribution in [3.8, 4) is 6.07 Å². The number of rotatable bonds is 9. The van der Waals surface area contributed by atoms with Crippen molar-refractivity contribution in [1.29, 1.82) is 5.26 Å². The van der Waals surface area contributed by atoms with Gasteiger partial charge in [-0.1, -0.05) is 31.2 Å². The highest BCUT2D eigenvalue weighted by molar-refractivity contribution is 7.89. The van der Waals surface area contributed by atoms with Crippen LogP contribution in [0.1, 0.15) is 46.5 Å². The maximum atomic E-state index is 12.4. The zero-order chi connectivity index (χ0) is 21.4. The number of hydrogen-bond acceptors (Lipinski definition) is 6. The zero-order valence-electron chi connectivity index (χ0n) is 16.2. The van der Waals surface area contributed by atoms with Gasteiger partial charge in [-0.15, -0.1) is 0 Å². The molecule has 8 heteroatoms. The van der Waals surface area contributed by atoms with E-state index >= 15 is 0 Å². The number of hydrogen-bond donors (Lipinski definition) is 1. The number of Topliss-reactive ketones (excluding diaryl/α,β-unsaturated/α-hetero) is 1. The number of aryl methyl sites for hydroxylation is 1. The molecule has 29 heavy (non-hydrogen) atoms. The van der Waals surface area contributed by atoms with E-state index < -0.39 is 22.1 Å². The highest BCUT2D eigenvalue weighted by Crippen LogP contribution is 2.14. The average molecular weight is 414 g/mol. The number of nitrogens with zero attached hydrogens (tertiary/aromatic N) is 1.